The molecule has 23 heavy (non-hydrogen) atoms. The molecular formula is C19H32N2OS. The summed E-state index contributed by atoms with van der Waals surface area (Å²) < 4.78 is 5.99. The summed E-state index contributed by atoms with van der Waals surface area (Å²) in [7, 11) is 0. The number of benzene rings is 1. The molecule has 0 unspecified atom stereocenters. The van der Waals surface area contributed by atoms with Crippen molar-refractivity contribution in [3.05, 3.63) is 30.3 Å². The first-order valence-electron chi connectivity index (χ1n) is 8.48. The van der Waals surface area contributed by atoms with Gasteiger partial charge in [0.15, 0.2) is 5.11 Å². The Hall–Kier alpha value is -1.13. The van der Waals surface area contributed by atoms with E-state index >= 15 is 0 Å². The lowest BCUT2D eigenvalue weighted by Gasteiger charge is -2.30. The Kier molecular flexibility index (Phi) is 8.00. The normalized spacial score (nSPS) is 12.0. The Bertz CT molecular complexity index is 470. The van der Waals surface area contributed by atoms with Crippen molar-refractivity contribution in [1.29, 1.82) is 0 Å². The van der Waals surface area contributed by atoms with Crippen LogP contribution >= 0.6 is 12.2 Å². The van der Waals surface area contributed by atoms with Gasteiger partial charge in [0, 0.05) is 17.6 Å². The third kappa shape index (κ3) is 7.80. The molecule has 1 aromatic carbocycles. The van der Waals surface area contributed by atoms with Crippen LogP contribution < -0.4 is 10.6 Å². The predicted molar refractivity (Wildman–Crippen MR) is 104 cm³/mol. The predicted octanol–water partition coefficient (Wildman–Crippen LogP) is 4.84. The summed E-state index contributed by atoms with van der Waals surface area (Å²) in [5.41, 5.74) is 1.32. The summed E-state index contributed by atoms with van der Waals surface area (Å²) >= 11 is 5.35. The summed E-state index contributed by atoms with van der Waals surface area (Å²) in [5.74, 6) is 0. The second kappa shape index (κ2) is 9.24. The first-order chi connectivity index (χ1) is 10.8. The van der Waals surface area contributed by atoms with E-state index in [1.54, 1.807) is 0 Å². The van der Waals surface area contributed by atoms with Gasteiger partial charge in [0.2, 0.25) is 0 Å². The summed E-state index contributed by atoms with van der Waals surface area (Å²) in [6, 6.07) is 9.96. The lowest BCUT2D eigenvalue weighted by atomic mass is 9.85. The number of ether oxygens (including phenoxy) is 1. The largest absolute Gasteiger partial charge is 0.380 e. The lowest BCUT2D eigenvalue weighted by Crippen LogP contribution is -2.39. The van der Waals surface area contributed by atoms with Crippen LogP contribution in [0.4, 0.5) is 5.69 Å². The molecule has 4 heteroatoms. The number of rotatable bonds is 9. The second-order valence-electron chi connectivity index (χ2n) is 7.35. The van der Waals surface area contributed by atoms with Gasteiger partial charge in [-0.3, -0.25) is 0 Å². The van der Waals surface area contributed by atoms with Crippen molar-refractivity contribution in [3.8, 4) is 0 Å². The van der Waals surface area contributed by atoms with Gasteiger partial charge in [0.25, 0.3) is 0 Å². The molecule has 1 aromatic rings. The van der Waals surface area contributed by atoms with Gasteiger partial charge in [-0.05, 0) is 42.6 Å². The number of para-hydroxylation sites is 1. The maximum absolute atomic E-state index is 5.99. The molecule has 0 fully saturated rings. The van der Waals surface area contributed by atoms with Crippen LogP contribution in [0.1, 0.15) is 47.5 Å². The van der Waals surface area contributed by atoms with Crippen LogP contribution in [0.3, 0.4) is 0 Å². The first kappa shape index (κ1) is 19.9. The SMILES string of the molecule is CCC(C)(CC)COCC(C)(C)CNC(=S)Nc1ccccc1. The van der Waals surface area contributed by atoms with Crippen molar-refractivity contribution in [3.63, 3.8) is 0 Å². The van der Waals surface area contributed by atoms with E-state index < -0.39 is 0 Å². The average molecular weight is 337 g/mol. The molecule has 3 nitrogen and oxygen atoms in total. The van der Waals surface area contributed by atoms with Crippen molar-refractivity contribution in [2.24, 2.45) is 10.8 Å². The van der Waals surface area contributed by atoms with Gasteiger partial charge < -0.3 is 15.4 Å². The Morgan fingerprint density at radius 3 is 2.22 bits per heavy atom. The van der Waals surface area contributed by atoms with Crippen molar-refractivity contribution in [1.82, 2.24) is 5.32 Å². The van der Waals surface area contributed by atoms with E-state index in [4.69, 9.17) is 17.0 Å². The Morgan fingerprint density at radius 2 is 1.65 bits per heavy atom. The topological polar surface area (TPSA) is 33.3 Å². The lowest BCUT2D eigenvalue weighted by molar-refractivity contribution is 0.00744. The van der Waals surface area contributed by atoms with Crippen LogP contribution in [-0.4, -0.2) is 24.9 Å². The van der Waals surface area contributed by atoms with Crippen LogP contribution in [-0.2, 0) is 4.74 Å². The quantitative estimate of drug-likeness (QED) is 0.632. The minimum Gasteiger partial charge on any atom is -0.380 e. The molecule has 0 bridgehead atoms. The Morgan fingerprint density at radius 1 is 1.04 bits per heavy atom. The molecule has 1 rings (SSSR count). The molecule has 0 heterocycles. The number of thiocarbonyl (C=S) groups is 1. The fourth-order valence-corrected chi connectivity index (χ4v) is 2.29. The zero-order valence-electron chi connectivity index (χ0n) is 15.2. The minimum absolute atomic E-state index is 0.0326. The Balaban J connectivity index is 2.33. The highest BCUT2D eigenvalue weighted by Gasteiger charge is 2.23. The van der Waals surface area contributed by atoms with Gasteiger partial charge >= 0.3 is 0 Å². The van der Waals surface area contributed by atoms with E-state index in [0.717, 1.165) is 38.3 Å². The van der Waals surface area contributed by atoms with E-state index in [1.165, 1.54) is 0 Å². The summed E-state index contributed by atoms with van der Waals surface area (Å²) in [6.07, 6.45) is 2.29. The number of anilines is 1. The van der Waals surface area contributed by atoms with Crippen molar-refractivity contribution < 1.29 is 4.74 Å². The molecule has 0 atom stereocenters. The number of hydrogen-bond donors (Lipinski definition) is 2. The van der Waals surface area contributed by atoms with Crippen LogP contribution in [0.5, 0.6) is 0 Å². The molecule has 0 aliphatic carbocycles. The maximum Gasteiger partial charge on any atom is 0.170 e. The zero-order valence-corrected chi connectivity index (χ0v) is 16.1. The molecule has 130 valence electrons. The molecule has 0 amide bonds. The molecule has 2 N–H and O–H groups in total. The van der Waals surface area contributed by atoms with Gasteiger partial charge in [0.1, 0.15) is 0 Å². The highest BCUT2D eigenvalue weighted by Crippen LogP contribution is 2.26. The van der Waals surface area contributed by atoms with Gasteiger partial charge in [-0.2, -0.15) is 0 Å². The molecular weight excluding hydrogens is 304 g/mol. The summed E-state index contributed by atoms with van der Waals surface area (Å²) in [6.45, 7) is 13.5. The highest BCUT2D eigenvalue weighted by atomic mass is 32.1. The van der Waals surface area contributed by atoms with E-state index in [2.05, 4.69) is 45.3 Å². The zero-order chi connectivity index (χ0) is 17.3. The number of nitrogens with one attached hydrogen (secondary N) is 2. The van der Waals surface area contributed by atoms with Gasteiger partial charge in [-0.15, -0.1) is 0 Å². The second-order valence-corrected chi connectivity index (χ2v) is 7.76. The van der Waals surface area contributed by atoms with Crippen LogP contribution in [0.25, 0.3) is 0 Å². The molecule has 0 aromatic heterocycles. The molecule has 0 saturated heterocycles. The summed E-state index contributed by atoms with van der Waals surface area (Å²) in [4.78, 5) is 0. The fraction of sp³-hybridized carbons (Fsp3) is 0.632. The Labute approximate surface area is 147 Å². The number of hydrogen-bond acceptors (Lipinski definition) is 2. The van der Waals surface area contributed by atoms with Crippen molar-refractivity contribution in [2.75, 3.05) is 25.1 Å². The fourth-order valence-electron chi connectivity index (χ4n) is 2.10. The van der Waals surface area contributed by atoms with E-state index in [1.807, 2.05) is 30.3 Å². The third-order valence-corrected chi connectivity index (χ3v) is 4.66. The van der Waals surface area contributed by atoms with Crippen LogP contribution in [0.2, 0.25) is 0 Å². The molecule has 0 saturated carbocycles. The van der Waals surface area contributed by atoms with Crippen molar-refractivity contribution in [2.45, 2.75) is 47.5 Å². The smallest absolute Gasteiger partial charge is 0.170 e. The van der Waals surface area contributed by atoms with E-state index in [0.29, 0.717) is 5.11 Å². The minimum atomic E-state index is 0.0326. The van der Waals surface area contributed by atoms with E-state index in [-0.39, 0.29) is 10.8 Å². The van der Waals surface area contributed by atoms with Crippen molar-refractivity contribution >= 4 is 23.0 Å². The molecule has 0 aliphatic rings. The van der Waals surface area contributed by atoms with Crippen LogP contribution in [0, 0.1) is 10.8 Å². The highest BCUT2D eigenvalue weighted by molar-refractivity contribution is 7.80. The molecule has 0 radical (unpaired) electrons. The van der Waals surface area contributed by atoms with Gasteiger partial charge in [0.05, 0.1) is 13.2 Å². The monoisotopic (exact) mass is 336 g/mol. The van der Waals surface area contributed by atoms with Gasteiger partial charge in [-0.1, -0.05) is 52.8 Å². The van der Waals surface area contributed by atoms with Gasteiger partial charge in [-0.25, -0.2) is 0 Å². The third-order valence-electron chi connectivity index (χ3n) is 4.41. The average Bonchev–Trinajstić information content (AvgIpc) is 2.54. The maximum atomic E-state index is 5.99. The van der Waals surface area contributed by atoms with E-state index in [9.17, 15) is 0 Å². The first-order valence-corrected chi connectivity index (χ1v) is 8.89. The standard InChI is InChI=1S/C19H32N2OS/c1-6-19(5,7-2)15-22-14-18(3,4)13-20-17(23)21-16-11-9-8-10-12-16/h8-12H,6-7,13-15H2,1-5H3,(H2,20,21,23). The molecule has 0 aliphatic heterocycles. The van der Waals surface area contributed by atoms with Crippen LogP contribution in [0.15, 0.2) is 30.3 Å². The molecule has 0 spiro atoms. The summed E-state index contributed by atoms with van der Waals surface area (Å²) in [5, 5.41) is 7.13.